The number of nitrogens with one attached hydrogen (secondary N) is 1. The molecule has 0 aliphatic heterocycles. The van der Waals surface area contributed by atoms with Crippen LogP contribution in [0.25, 0.3) is 0 Å². The molecule has 0 fully saturated rings. The highest BCUT2D eigenvalue weighted by Crippen LogP contribution is 2.22. The smallest absolute Gasteiger partial charge is 0.348 e. The third kappa shape index (κ3) is 5.20. The number of carbonyl (C=O) groups is 2. The van der Waals surface area contributed by atoms with Crippen LogP contribution in [0.15, 0.2) is 48.5 Å². The molecular weight excluding hydrogens is 361 g/mol. The second-order valence-corrected chi connectivity index (χ2v) is 5.99. The first kappa shape index (κ1) is 19.7. The van der Waals surface area contributed by atoms with E-state index in [-0.39, 0.29) is 17.5 Å². The number of hydrogen-bond acceptors (Lipinski definition) is 4. The summed E-state index contributed by atoms with van der Waals surface area (Å²) in [6.45, 7) is 1.59. The number of halogens is 2. The molecule has 0 bridgehead atoms. The number of para-hydroxylation sites is 1. The Morgan fingerprint density at radius 2 is 1.88 bits per heavy atom. The fraction of sp³-hybridized carbons (Fsp3) is 0.263. The zero-order chi connectivity index (χ0) is 19.1. The van der Waals surface area contributed by atoms with Crippen LogP contribution in [0.1, 0.15) is 18.4 Å². The van der Waals surface area contributed by atoms with Crippen molar-refractivity contribution in [2.45, 2.75) is 18.9 Å². The van der Waals surface area contributed by atoms with Gasteiger partial charge in [0.1, 0.15) is 11.6 Å². The van der Waals surface area contributed by atoms with E-state index in [2.05, 4.69) is 5.32 Å². The average molecular weight is 380 g/mol. The first-order valence-corrected chi connectivity index (χ1v) is 8.32. The van der Waals surface area contributed by atoms with E-state index in [0.29, 0.717) is 11.3 Å². The van der Waals surface area contributed by atoms with Gasteiger partial charge >= 0.3 is 5.97 Å². The number of hydrogen-bond donors (Lipinski definition) is 1. The van der Waals surface area contributed by atoms with E-state index in [1.165, 1.54) is 25.3 Å². The van der Waals surface area contributed by atoms with E-state index in [9.17, 15) is 14.0 Å². The molecule has 7 heteroatoms. The molecule has 1 N–H and O–H groups in total. The lowest BCUT2D eigenvalue weighted by Gasteiger charge is -2.19. The Labute approximate surface area is 156 Å². The number of esters is 1. The summed E-state index contributed by atoms with van der Waals surface area (Å²) in [5.41, 5.74) is 0.562. The van der Waals surface area contributed by atoms with Crippen molar-refractivity contribution >= 4 is 23.5 Å². The highest BCUT2D eigenvalue weighted by Gasteiger charge is 2.24. The van der Waals surface area contributed by atoms with E-state index in [4.69, 9.17) is 21.1 Å². The maximum Gasteiger partial charge on any atom is 0.348 e. The number of ether oxygens (including phenoxy) is 2. The summed E-state index contributed by atoms with van der Waals surface area (Å²) in [6, 6.07) is 12.8. The van der Waals surface area contributed by atoms with Gasteiger partial charge in [-0.3, -0.25) is 4.79 Å². The maximum absolute atomic E-state index is 13.3. The third-order valence-corrected chi connectivity index (χ3v) is 4.07. The Balaban J connectivity index is 2.01. The largest absolute Gasteiger partial charge is 0.477 e. The van der Waals surface area contributed by atoms with Crippen molar-refractivity contribution in [1.82, 2.24) is 5.32 Å². The fourth-order valence-electron chi connectivity index (χ4n) is 2.25. The van der Waals surface area contributed by atoms with Crippen molar-refractivity contribution in [3.05, 3.63) is 64.9 Å². The minimum Gasteiger partial charge on any atom is -0.477 e. The second kappa shape index (κ2) is 9.20. The Kier molecular flexibility index (Phi) is 6.97. The molecule has 2 rings (SSSR count). The summed E-state index contributed by atoms with van der Waals surface area (Å²) in [6.07, 6.45) is -0.990. The number of amides is 1. The van der Waals surface area contributed by atoms with Crippen LogP contribution in [0.3, 0.4) is 0 Å². The molecule has 5 nitrogen and oxygen atoms in total. The normalized spacial score (nSPS) is 12.8. The summed E-state index contributed by atoms with van der Waals surface area (Å²) < 4.78 is 23.5. The lowest BCUT2D eigenvalue weighted by molar-refractivity contribution is -0.148. The highest BCUT2D eigenvalue weighted by atomic mass is 35.5. The first-order chi connectivity index (χ1) is 12.4. The molecule has 0 radical (unpaired) electrons. The number of rotatable bonds is 7. The van der Waals surface area contributed by atoms with Crippen molar-refractivity contribution in [1.29, 1.82) is 0 Å². The predicted octanol–water partition coefficient (Wildman–Crippen LogP) is 3.32. The number of carbonyl (C=O) groups excluding carboxylic acids is 2. The van der Waals surface area contributed by atoms with Crippen molar-refractivity contribution in [2.24, 2.45) is 0 Å². The van der Waals surface area contributed by atoms with Crippen molar-refractivity contribution < 1.29 is 23.5 Å². The van der Waals surface area contributed by atoms with Crippen LogP contribution in [0.4, 0.5) is 4.39 Å². The van der Waals surface area contributed by atoms with Gasteiger partial charge in [0.15, 0.2) is 0 Å². The van der Waals surface area contributed by atoms with E-state index < -0.39 is 23.8 Å². The molecule has 26 heavy (non-hydrogen) atoms. The SMILES string of the molecule is COC(=O)[C@@H](CNC(=O)C(C)c1ccc(F)c(Cl)c1)Oc1ccccc1. The zero-order valence-corrected chi connectivity index (χ0v) is 15.1. The molecule has 0 heterocycles. The maximum atomic E-state index is 13.3. The molecule has 138 valence electrons. The molecule has 0 saturated heterocycles. The van der Waals surface area contributed by atoms with Crippen LogP contribution >= 0.6 is 11.6 Å². The standard InChI is InChI=1S/C19H19ClFNO4/c1-12(13-8-9-16(21)15(20)10-13)18(23)22-11-17(19(24)25-2)26-14-6-4-3-5-7-14/h3-10,12,17H,11H2,1-2H3,(H,22,23)/t12?,17-/m1/s1. The summed E-state index contributed by atoms with van der Waals surface area (Å²) in [5, 5.41) is 2.60. The molecule has 2 atom stereocenters. The van der Waals surface area contributed by atoms with Crippen molar-refractivity contribution in [2.75, 3.05) is 13.7 Å². The quantitative estimate of drug-likeness (QED) is 0.749. The van der Waals surface area contributed by atoms with Crippen LogP contribution in [0, 0.1) is 5.82 Å². The van der Waals surface area contributed by atoms with Crippen LogP contribution < -0.4 is 10.1 Å². The molecule has 0 aliphatic rings. The fourth-order valence-corrected chi connectivity index (χ4v) is 2.44. The van der Waals surface area contributed by atoms with Crippen LogP contribution in [-0.2, 0) is 14.3 Å². The lowest BCUT2D eigenvalue weighted by atomic mass is 10.0. The van der Waals surface area contributed by atoms with Gasteiger partial charge in [-0.25, -0.2) is 9.18 Å². The first-order valence-electron chi connectivity index (χ1n) is 7.94. The van der Waals surface area contributed by atoms with Crippen LogP contribution in [0.5, 0.6) is 5.75 Å². The minimum atomic E-state index is -0.990. The topological polar surface area (TPSA) is 64.6 Å². The van der Waals surface area contributed by atoms with Gasteiger partial charge in [0.2, 0.25) is 12.0 Å². The van der Waals surface area contributed by atoms with Crippen molar-refractivity contribution in [3.8, 4) is 5.75 Å². The third-order valence-electron chi connectivity index (χ3n) is 3.78. The van der Waals surface area contributed by atoms with Crippen LogP contribution in [-0.4, -0.2) is 31.6 Å². The Morgan fingerprint density at radius 3 is 2.50 bits per heavy atom. The molecule has 1 unspecified atom stereocenters. The van der Waals surface area contributed by atoms with Crippen LogP contribution in [0.2, 0.25) is 5.02 Å². The van der Waals surface area contributed by atoms with Gasteiger partial charge in [-0.2, -0.15) is 0 Å². The van der Waals surface area contributed by atoms with Gasteiger partial charge in [-0.15, -0.1) is 0 Å². The summed E-state index contributed by atoms with van der Waals surface area (Å²) >= 11 is 5.75. The lowest BCUT2D eigenvalue weighted by Crippen LogP contribution is -2.42. The van der Waals surface area contributed by atoms with Gasteiger partial charge in [0.05, 0.1) is 24.6 Å². The molecule has 0 aliphatic carbocycles. The van der Waals surface area contributed by atoms with Crippen molar-refractivity contribution in [3.63, 3.8) is 0 Å². The van der Waals surface area contributed by atoms with E-state index in [1.807, 2.05) is 6.07 Å². The van der Waals surface area contributed by atoms with Gasteiger partial charge in [0, 0.05) is 0 Å². The average Bonchev–Trinajstić information content (AvgIpc) is 2.66. The second-order valence-electron chi connectivity index (χ2n) is 5.58. The molecule has 2 aromatic carbocycles. The van der Waals surface area contributed by atoms with E-state index in [0.717, 1.165) is 0 Å². The van der Waals surface area contributed by atoms with E-state index in [1.54, 1.807) is 31.2 Å². The molecule has 0 aromatic heterocycles. The van der Waals surface area contributed by atoms with Gasteiger partial charge in [0.25, 0.3) is 0 Å². The molecule has 1 amide bonds. The zero-order valence-electron chi connectivity index (χ0n) is 14.4. The van der Waals surface area contributed by atoms with E-state index >= 15 is 0 Å². The number of methoxy groups -OCH3 is 1. The van der Waals surface area contributed by atoms with Gasteiger partial charge in [-0.05, 0) is 36.8 Å². The monoisotopic (exact) mass is 379 g/mol. The molecule has 0 spiro atoms. The number of benzene rings is 2. The highest BCUT2D eigenvalue weighted by molar-refractivity contribution is 6.30. The Hall–Kier alpha value is -2.60. The summed E-state index contributed by atoms with van der Waals surface area (Å²) in [4.78, 5) is 24.2. The summed E-state index contributed by atoms with van der Waals surface area (Å²) in [7, 11) is 1.24. The minimum absolute atomic E-state index is 0.0537. The summed E-state index contributed by atoms with van der Waals surface area (Å²) in [5.74, 6) is -1.60. The molecule has 0 saturated carbocycles. The van der Waals surface area contributed by atoms with Gasteiger partial charge in [-0.1, -0.05) is 35.9 Å². The molecular formula is C19H19ClFNO4. The Bertz CT molecular complexity index is 769. The van der Waals surface area contributed by atoms with Gasteiger partial charge < -0.3 is 14.8 Å². The Morgan fingerprint density at radius 1 is 1.19 bits per heavy atom. The predicted molar refractivity (Wildman–Crippen MR) is 95.7 cm³/mol. The molecule has 2 aromatic rings.